The van der Waals surface area contributed by atoms with Crippen molar-refractivity contribution in [3.8, 4) is 0 Å². The van der Waals surface area contributed by atoms with Crippen molar-refractivity contribution in [1.29, 1.82) is 0 Å². The highest BCUT2D eigenvalue weighted by molar-refractivity contribution is 5.20. The molecule has 0 N–H and O–H groups in total. The van der Waals surface area contributed by atoms with E-state index < -0.39 is 0 Å². The molecule has 0 amide bonds. The van der Waals surface area contributed by atoms with Crippen LogP contribution in [0.2, 0.25) is 0 Å². The predicted octanol–water partition coefficient (Wildman–Crippen LogP) is 12.2. The summed E-state index contributed by atoms with van der Waals surface area (Å²) in [6, 6.07) is 0. The summed E-state index contributed by atoms with van der Waals surface area (Å²) in [5.74, 6) is 0. The minimum atomic E-state index is 0.677. The fourth-order valence-electron chi connectivity index (χ4n) is 9.62. The lowest BCUT2D eigenvalue weighted by Crippen LogP contribution is -2.28. The van der Waals surface area contributed by atoms with E-state index in [1.807, 2.05) is 5.57 Å². The minimum Gasteiger partial charge on any atom is -0.0879 e. The van der Waals surface area contributed by atoms with Crippen molar-refractivity contribution in [2.45, 2.75) is 175 Å². The number of hydrogen-bond acceptors (Lipinski definition) is 0. The summed E-state index contributed by atoms with van der Waals surface area (Å²) in [5.41, 5.74) is 7.50. The van der Waals surface area contributed by atoms with Crippen LogP contribution in [0.15, 0.2) is 34.9 Å². The minimum absolute atomic E-state index is 0.677. The van der Waals surface area contributed by atoms with Crippen molar-refractivity contribution in [1.82, 2.24) is 0 Å². The summed E-state index contributed by atoms with van der Waals surface area (Å²) in [6.07, 6.45) is 42.3. The standard InChI is InChI=1S/3C12H20/c1-2-12-9-5-3-7-11(12)8-4-6-10-12;2*1-2-11-7-3-4-8-12(11)9-5-6-10-12/h2*7H,2-6,8-10H2,1H3;2H,3-10H2,1H3/b;;11-2+. The van der Waals surface area contributed by atoms with Gasteiger partial charge in [-0.25, -0.2) is 0 Å². The molecular weight excluding hydrogens is 432 g/mol. The Labute approximate surface area is 225 Å². The maximum atomic E-state index is 2.55. The van der Waals surface area contributed by atoms with Crippen LogP contribution in [0.3, 0.4) is 0 Å². The summed E-state index contributed by atoms with van der Waals surface area (Å²) in [5, 5.41) is 0. The SMILES string of the molecule is C/C=C1\CCCCC12CCCC2.CCC12CCCC=C1CCCC2.CCC1=CCCCC12CCCC2. The van der Waals surface area contributed by atoms with E-state index in [-0.39, 0.29) is 0 Å². The summed E-state index contributed by atoms with van der Waals surface area (Å²) in [7, 11) is 0. The van der Waals surface area contributed by atoms with Crippen LogP contribution in [0.5, 0.6) is 0 Å². The highest BCUT2D eigenvalue weighted by Gasteiger charge is 2.38. The van der Waals surface area contributed by atoms with Crippen molar-refractivity contribution in [2.75, 3.05) is 0 Å². The van der Waals surface area contributed by atoms with Crippen LogP contribution in [0.1, 0.15) is 175 Å². The zero-order chi connectivity index (χ0) is 25.3. The van der Waals surface area contributed by atoms with E-state index in [9.17, 15) is 0 Å². The summed E-state index contributed by atoms with van der Waals surface area (Å²) in [6.45, 7) is 6.95. The molecule has 0 saturated heterocycles. The Hall–Kier alpha value is -0.780. The number of allylic oxidation sites excluding steroid dienone is 6. The predicted molar refractivity (Wildman–Crippen MR) is 159 cm³/mol. The number of hydrogen-bond donors (Lipinski definition) is 0. The Bertz CT molecular complexity index is 734. The molecule has 0 heteroatoms. The van der Waals surface area contributed by atoms with Crippen LogP contribution in [-0.2, 0) is 0 Å². The molecule has 6 rings (SSSR count). The van der Waals surface area contributed by atoms with Gasteiger partial charge in [-0.05, 0) is 139 Å². The van der Waals surface area contributed by atoms with E-state index in [4.69, 9.17) is 0 Å². The van der Waals surface area contributed by atoms with Gasteiger partial charge in [0.1, 0.15) is 0 Å². The van der Waals surface area contributed by atoms with E-state index in [2.05, 4.69) is 39.0 Å². The maximum absolute atomic E-state index is 2.55. The molecule has 4 saturated carbocycles. The average molecular weight is 493 g/mol. The third kappa shape index (κ3) is 6.26. The summed E-state index contributed by atoms with van der Waals surface area (Å²) >= 11 is 0. The van der Waals surface area contributed by atoms with Crippen LogP contribution in [0.25, 0.3) is 0 Å². The van der Waals surface area contributed by atoms with E-state index in [1.165, 1.54) is 154 Å². The van der Waals surface area contributed by atoms with Gasteiger partial charge < -0.3 is 0 Å². The largest absolute Gasteiger partial charge is 0.0879 e. The molecule has 0 aromatic heterocycles. The van der Waals surface area contributed by atoms with Gasteiger partial charge in [0.05, 0.1) is 0 Å². The molecule has 0 nitrogen and oxygen atoms in total. The molecule has 0 radical (unpaired) electrons. The third-order valence-electron chi connectivity index (χ3n) is 11.8. The first-order valence-corrected chi connectivity index (χ1v) is 16.7. The van der Waals surface area contributed by atoms with E-state index in [0.29, 0.717) is 16.2 Å². The van der Waals surface area contributed by atoms with Gasteiger partial charge in [-0.15, -0.1) is 0 Å². The Morgan fingerprint density at radius 3 is 1.78 bits per heavy atom. The second-order valence-corrected chi connectivity index (χ2v) is 13.4. The fourth-order valence-corrected chi connectivity index (χ4v) is 9.62. The van der Waals surface area contributed by atoms with Crippen LogP contribution in [-0.4, -0.2) is 0 Å². The summed E-state index contributed by atoms with van der Waals surface area (Å²) in [4.78, 5) is 0. The van der Waals surface area contributed by atoms with Crippen molar-refractivity contribution in [3.63, 3.8) is 0 Å². The molecular formula is C36H60. The first-order valence-electron chi connectivity index (χ1n) is 16.7. The van der Waals surface area contributed by atoms with Crippen molar-refractivity contribution in [3.05, 3.63) is 34.9 Å². The second kappa shape index (κ2) is 13.3. The Morgan fingerprint density at radius 2 is 1.14 bits per heavy atom. The number of rotatable bonds is 2. The van der Waals surface area contributed by atoms with Crippen LogP contribution < -0.4 is 0 Å². The van der Waals surface area contributed by atoms with Gasteiger partial charge in [-0.2, -0.15) is 0 Å². The zero-order valence-electron chi connectivity index (χ0n) is 24.7. The van der Waals surface area contributed by atoms with Crippen LogP contribution in [0.4, 0.5) is 0 Å². The lowest BCUT2D eigenvalue weighted by Gasteiger charge is -2.42. The second-order valence-electron chi connectivity index (χ2n) is 13.4. The Kier molecular flexibility index (Phi) is 10.5. The molecule has 6 aliphatic rings. The molecule has 1 atom stereocenters. The van der Waals surface area contributed by atoms with Gasteiger partial charge in [0.2, 0.25) is 0 Å². The molecule has 6 aliphatic carbocycles. The molecule has 0 aromatic rings. The lowest BCUT2D eigenvalue weighted by atomic mass is 9.63. The third-order valence-corrected chi connectivity index (χ3v) is 11.8. The first-order chi connectivity index (χ1) is 17.6. The van der Waals surface area contributed by atoms with E-state index >= 15 is 0 Å². The van der Waals surface area contributed by atoms with Crippen molar-refractivity contribution in [2.24, 2.45) is 16.2 Å². The molecule has 1 unspecified atom stereocenters. The Morgan fingerprint density at radius 1 is 0.611 bits per heavy atom. The summed E-state index contributed by atoms with van der Waals surface area (Å²) < 4.78 is 0. The van der Waals surface area contributed by atoms with Gasteiger partial charge in [0.25, 0.3) is 0 Å². The van der Waals surface area contributed by atoms with Crippen LogP contribution >= 0.6 is 0 Å². The lowest BCUT2D eigenvalue weighted by molar-refractivity contribution is 0.225. The molecule has 204 valence electrons. The molecule has 0 aromatic carbocycles. The average Bonchev–Trinajstić information content (AvgIpc) is 3.61. The smallest absolute Gasteiger partial charge is 0.00881 e. The zero-order valence-corrected chi connectivity index (χ0v) is 24.7. The maximum Gasteiger partial charge on any atom is -0.00881 e. The monoisotopic (exact) mass is 492 g/mol. The fraction of sp³-hybridized carbons (Fsp3) is 0.833. The van der Waals surface area contributed by atoms with E-state index in [0.717, 1.165) is 0 Å². The van der Waals surface area contributed by atoms with Gasteiger partial charge in [-0.3, -0.25) is 0 Å². The van der Waals surface area contributed by atoms with Crippen molar-refractivity contribution >= 4 is 0 Å². The van der Waals surface area contributed by atoms with Gasteiger partial charge in [0, 0.05) is 0 Å². The van der Waals surface area contributed by atoms with Crippen molar-refractivity contribution < 1.29 is 0 Å². The molecule has 0 bridgehead atoms. The normalized spacial score (nSPS) is 31.6. The molecule has 0 aliphatic heterocycles. The molecule has 36 heavy (non-hydrogen) atoms. The van der Waals surface area contributed by atoms with Crippen LogP contribution in [0, 0.1) is 16.2 Å². The topological polar surface area (TPSA) is 0 Å². The highest BCUT2D eigenvalue weighted by atomic mass is 14.4. The molecule has 2 spiro atoms. The number of fused-ring (bicyclic) bond motifs is 1. The highest BCUT2D eigenvalue weighted by Crippen LogP contribution is 2.53. The van der Waals surface area contributed by atoms with Gasteiger partial charge in [-0.1, -0.05) is 87.3 Å². The van der Waals surface area contributed by atoms with Gasteiger partial charge >= 0.3 is 0 Å². The Balaban J connectivity index is 0.000000127. The van der Waals surface area contributed by atoms with Gasteiger partial charge in [0.15, 0.2) is 0 Å². The quantitative estimate of drug-likeness (QED) is 0.336. The molecule has 0 heterocycles. The van der Waals surface area contributed by atoms with E-state index in [1.54, 1.807) is 11.1 Å². The first kappa shape index (κ1) is 28.2. The molecule has 4 fully saturated rings.